The fourth-order valence-corrected chi connectivity index (χ4v) is 3.06. The van der Waals surface area contributed by atoms with Crippen LogP contribution in [0.1, 0.15) is 12.5 Å². The minimum absolute atomic E-state index is 0.0287. The lowest BCUT2D eigenvalue weighted by Gasteiger charge is -2.13. The molecule has 1 aromatic heterocycles. The van der Waals surface area contributed by atoms with Gasteiger partial charge >= 0.3 is 5.97 Å². The SMILES string of the molecule is COC(=O)C(C)Sc1cc(-n2ncc(C)cc2=O)c(F)cc1Cl. The quantitative estimate of drug-likeness (QED) is 0.622. The van der Waals surface area contributed by atoms with Gasteiger partial charge in [0, 0.05) is 11.0 Å². The van der Waals surface area contributed by atoms with Gasteiger partial charge in [-0.1, -0.05) is 11.6 Å². The molecule has 0 bridgehead atoms. The molecule has 0 saturated heterocycles. The van der Waals surface area contributed by atoms with Crippen LogP contribution in [0.3, 0.4) is 0 Å². The van der Waals surface area contributed by atoms with Crippen molar-refractivity contribution in [3.63, 3.8) is 0 Å². The molecular formula is C15H14ClFN2O3S. The van der Waals surface area contributed by atoms with Gasteiger partial charge in [-0.25, -0.2) is 4.39 Å². The van der Waals surface area contributed by atoms with Crippen LogP contribution in [-0.2, 0) is 9.53 Å². The predicted molar refractivity (Wildman–Crippen MR) is 86.9 cm³/mol. The second-order valence-corrected chi connectivity index (χ2v) is 6.59. The van der Waals surface area contributed by atoms with Crippen LogP contribution in [0.5, 0.6) is 0 Å². The topological polar surface area (TPSA) is 61.2 Å². The van der Waals surface area contributed by atoms with Gasteiger partial charge in [0.15, 0.2) is 5.82 Å². The number of aromatic nitrogens is 2. The highest BCUT2D eigenvalue weighted by Crippen LogP contribution is 2.33. The minimum atomic E-state index is -0.677. The maximum Gasteiger partial charge on any atom is 0.318 e. The summed E-state index contributed by atoms with van der Waals surface area (Å²) in [5.41, 5.74) is 0.191. The Morgan fingerprint density at radius 3 is 2.74 bits per heavy atom. The van der Waals surface area contributed by atoms with Gasteiger partial charge in [-0.3, -0.25) is 9.59 Å². The highest BCUT2D eigenvalue weighted by atomic mass is 35.5. The second-order valence-electron chi connectivity index (χ2n) is 4.80. The summed E-state index contributed by atoms with van der Waals surface area (Å²) in [5, 5.41) is 3.55. The third-order valence-corrected chi connectivity index (χ3v) is 4.57. The van der Waals surface area contributed by atoms with E-state index >= 15 is 0 Å². The summed E-state index contributed by atoms with van der Waals surface area (Å²) in [5.74, 6) is -1.11. The molecule has 1 unspecified atom stereocenters. The molecule has 0 saturated carbocycles. The predicted octanol–water partition coefficient (Wildman–Crippen LogP) is 2.99. The van der Waals surface area contributed by atoms with E-state index in [9.17, 15) is 14.0 Å². The number of rotatable bonds is 4. The molecule has 1 atom stereocenters. The first kappa shape index (κ1) is 17.5. The van der Waals surface area contributed by atoms with E-state index in [0.717, 1.165) is 22.5 Å². The van der Waals surface area contributed by atoms with Crippen molar-refractivity contribution in [2.75, 3.05) is 7.11 Å². The highest BCUT2D eigenvalue weighted by Gasteiger charge is 2.19. The number of carbonyl (C=O) groups is 1. The molecule has 0 spiro atoms. The van der Waals surface area contributed by atoms with Gasteiger partial charge in [-0.05, 0) is 31.5 Å². The highest BCUT2D eigenvalue weighted by molar-refractivity contribution is 8.00. The van der Waals surface area contributed by atoms with Crippen LogP contribution in [0.2, 0.25) is 5.02 Å². The largest absolute Gasteiger partial charge is 0.468 e. The number of methoxy groups -OCH3 is 1. The normalized spacial score (nSPS) is 12.0. The molecule has 0 aliphatic rings. The molecule has 1 heterocycles. The smallest absolute Gasteiger partial charge is 0.318 e. The van der Waals surface area contributed by atoms with E-state index in [1.54, 1.807) is 13.8 Å². The Balaban J connectivity index is 2.48. The van der Waals surface area contributed by atoms with E-state index < -0.39 is 22.6 Å². The summed E-state index contributed by atoms with van der Waals surface area (Å²) >= 11 is 7.14. The van der Waals surface area contributed by atoms with Crippen molar-refractivity contribution in [2.24, 2.45) is 0 Å². The monoisotopic (exact) mass is 356 g/mol. The van der Waals surface area contributed by atoms with Crippen molar-refractivity contribution in [3.8, 4) is 5.69 Å². The number of thioether (sulfide) groups is 1. The summed E-state index contributed by atoms with van der Waals surface area (Å²) in [6.45, 7) is 3.36. The Bertz CT molecular complexity index is 810. The van der Waals surface area contributed by atoms with E-state index in [-0.39, 0.29) is 10.7 Å². The van der Waals surface area contributed by atoms with E-state index in [1.807, 2.05) is 0 Å². The van der Waals surface area contributed by atoms with Crippen LogP contribution < -0.4 is 5.56 Å². The molecule has 0 N–H and O–H groups in total. The molecule has 0 radical (unpaired) electrons. The number of hydrogen-bond donors (Lipinski definition) is 0. The Kier molecular flexibility index (Phi) is 5.43. The first-order valence-corrected chi connectivity index (χ1v) is 7.89. The number of nitrogens with zero attached hydrogens (tertiary/aromatic N) is 2. The Labute approximate surface area is 141 Å². The molecule has 5 nitrogen and oxygen atoms in total. The summed E-state index contributed by atoms with van der Waals surface area (Å²) in [6, 6.07) is 3.84. The van der Waals surface area contributed by atoms with Crippen LogP contribution in [-0.4, -0.2) is 28.1 Å². The summed E-state index contributed by atoms with van der Waals surface area (Å²) in [7, 11) is 1.28. The van der Waals surface area contributed by atoms with Crippen LogP contribution >= 0.6 is 23.4 Å². The number of esters is 1. The summed E-state index contributed by atoms with van der Waals surface area (Å²) in [4.78, 5) is 24.0. The summed E-state index contributed by atoms with van der Waals surface area (Å²) in [6.07, 6.45) is 1.46. The van der Waals surface area contributed by atoms with Gasteiger partial charge in [-0.2, -0.15) is 9.78 Å². The first-order valence-electron chi connectivity index (χ1n) is 6.63. The second kappa shape index (κ2) is 7.14. The van der Waals surface area contributed by atoms with Crippen molar-refractivity contribution >= 4 is 29.3 Å². The van der Waals surface area contributed by atoms with Crippen molar-refractivity contribution < 1.29 is 13.9 Å². The van der Waals surface area contributed by atoms with Gasteiger partial charge in [0.2, 0.25) is 0 Å². The molecule has 0 aliphatic heterocycles. The number of hydrogen-bond acceptors (Lipinski definition) is 5. The maximum absolute atomic E-state index is 14.2. The summed E-state index contributed by atoms with van der Waals surface area (Å²) < 4.78 is 19.8. The third-order valence-electron chi connectivity index (χ3n) is 3.00. The number of aryl methyl sites for hydroxylation is 1. The molecule has 0 fully saturated rings. The zero-order chi connectivity index (χ0) is 17.1. The standard InChI is InChI=1S/C15H14ClFN2O3S/c1-8-4-14(20)19(18-7-8)12-6-13(10(16)5-11(12)17)23-9(2)15(21)22-3/h4-7,9H,1-3H3. The van der Waals surface area contributed by atoms with Gasteiger partial charge in [0.25, 0.3) is 5.56 Å². The number of carbonyl (C=O) groups excluding carboxylic acids is 1. The first-order chi connectivity index (χ1) is 10.8. The molecule has 2 rings (SSSR count). The lowest BCUT2D eigenvalue weighted by Crippen LogP contribution is -2.21. The van der Waals surface area contributed by atoms with Crippen molar-refractivity contribution in [3.05, 3.63) is 51.2 Å². The third kappa shape index (κ3) is 3.92. The number of benzene rings is 1. The molecule has 1 aromatic carbocycles. The van der Waals surface area contributed by atoms with Crippen molar-refractivity contribution in [1.82, 2.24) is 9.78 Å². The molecule has 8 heteroatoms. The number of ether oxygens (including phenoxy) is 1. The van der Waals surface area contributed by atoms with Crippen LogP contribution in [0.15, 0.2) is 34.1 Å². The van der Waals surface area contributed by atoms with Crippen LogP contribution in [0.25, 0.3) is 5.69 Å². The Morgan fingerprint density at radius 1 is 1.43 bits per heavy atom. The fraction of sp³-hybridized carbons (Fsp3) is 0.267. The zero-order valence-electron chi connectivity index (χ0n) is 12.7. The van der Waals surface area contributed by atoms with E-state index in [0.29, 0.717) is 10.5 Å². The molecule has 2 aromatic rings. The van der Waals surface area contributed by atoms with Gasteiger partial charge in [0.1, 0.15) is 10.9 Å². The van der Waals surface area contributed by atoms with Gasteiger partial charge < -0.3 is 4.74 Å². The average molecular weight is 357 g/mol. The molecule has 0 amide bonds. The Morgan fingerprint density at radius 2 is 2.13 bits per heavy atom. The van der Waals surface area contributed by atoms with Crippen molar-refractivity contribution in [2.45, 2.75) is 24.0 Å². The van der Waals surface area contributed by atoms with Crippen molar-refractivity contribution in [1.29, 1.82) is 0 Å². The minimum Gasteiger partial charge on any atom is -0.468 e. The molecule has 122 valence electrons. The zero-order valence-corrected chi connectivity index (χ0v) is 14.2. The van der Waals surface area contributed by atoms with E-state index in [1.165, 1.54) is 25.4 Å². The Hall–Kier alpha value is -1.86. The average Bonchev–Trinajstić information content (AvgIpc) is 2.49. The molecule has 23 heavy (non-hydrogen) atoms. The lowest BCUT2D eigenvalue weighted by molar-refractivity contribution is -0.139. The molecule has 0 aliphatic carbocycles. The van der Waals surface area contributed by atoms with Gasteiger partial charge in [0.05, 0.1) is 18.3 Å². The fourth-order valence-electron chi connectivity index (χ4n) is 1.86. The lowest BCUT2D eigenvalue weighted by atomic mass is 10.3. The van der Waals surface area contributed by atoms with Gasteiger partial charge in [-0.15, -0.1) is 11.8 Å². The molecular weight excluding hydrogens is 343 g/mol. The number of halogens is 2. The maximum atomic E-state index is 14.2. The van der Waals surface area contributed by atoms with E-state index in [4.69, 9.17) is 11.6 Å². The van der Waals surface area contributed by atoms with Crippen LogP contribution in [0.4, 0.5) is 4.39 Å². The van der Waals surface area contributed by atoms with E-state index in [2.05, 4.69) is 9.84 Å². The van der Waals surface area contributed by atoms with Crippen LogP contribution in [0, 0.1) is 12.7 Å².